The van der Waals surface area contributed by atoms with Gasteiger partial charge in [0.25, 0.3) is 0 Å². The average Bonchev–Trinajstić information content (AvgIpc) is 3.16. The lowest BCUT2D eigenvalue weighted by Gasteiger charge is -2.31. The number of amides is 1. The third-order valence-corrected chi connectivity index (χ3v) is 9.72. The molecule has 2 aromatic carbocycles. The minimum Gasteiger partial charge on any atom is -0.487 e. The van der Waals surface area contributed by atoms with E-state index in [0.717, 1.165) is 11.1 Å². The molecule has 0 radical (unpaired) electrons. The zero-order chi connectivity index (χ0) is 24.8. The summed E-state index contributed by atoms with van der Waals surface area (Å²) in [6.45, 7) is 5.12. The number of rotatable bonds is 5. The Morgan fingerprint density at radius 3 is 2.59 bits per heavy atom. The molecule has 1 aliphatic heterocycles. The highest BCUT2D eigenvalue weighted by Crippen LogP contribution is 2.41. The van der Waals surface area contributed by atoms with Gasteiger partial charge in [-0.3, -0.25) is 0 Å². The summed E-state index contributed by atoms with van der Waals surface area (Å²) in [7, 11) is -4.38. The highest BCUT2D eigenvalue weighted by molar-refractivity contribution is 7.86. The van der Waals surface area contributed by atoms with Gasteiger partial charge in [0.15, 0.2) is 0 Å². The number of aromatic nitrogens is 2. The number of fused-ring (bicyclic) bond motifs is 1. The van der Waals surface area contributed by atoms with Gasteiger partial charge >= 0.3 is 16.1 Å². The molecule has 1 amide bonds. The molecule has 1 saturated heterocycles. The van der Waals surface area contributed by atoms with E-state index in [0.29, 0.717) is 29.9 Å². The summed E-state index contributed by atoms with van der Waals surface area (Å²) in [5.74, 6) is 1.06. The van der Waals surface area contributed by atoms with E-state index in [1.54, 1.807) is 19.9 Å². The molecule has 0 spiro atoms. The Morgan fingerprint density at radius 1 is 1.21 bits per heavy atom. The lowest BCUT2D eigenvalue weighted by molar-refractivity contribution is -0.741. The Morgan fingerprint density at radius 2 is 1.94 bits per heavy atom. The van der Waals surface area contributed by atoms with Crippen molar-refractivity contribution in [2.24, 2.45) is 0 Å². The molecular formula is C23H24Cl2N3O5S+. The van der Waals surface area contributed by atoms with E-state index in [1.165, 1.54) is 12.1 Å². The van der Waals surface area contributed by atoms with E-state index in [1.807, 2.05) is 19.1 Å². The molecule has 3 aromatic rings. The van der Waals surface area contributed by atoms with Gasteiger partial charge in [-0.25, -0.2) is 9.97 Å². The van der Waals surface area contributed by atoms with Crippen molar-refractivity contribution in [3.8, 4) is 5.75 Å². The predicted molar refractivity (Wildman–Crippen MR) is 129 cm³/mol. The number of likely N-dealkylation sites (tertiary alicyclic amines) is 1. The van der Waals surface area contributed by atoms with Gasteiger partial charge in [-0.15, -0.1) is 3.89 Å². The molecule has 2 atom stereocenters. The van der Waals surface area contributed by atoms with E-state index in [2.05, 4.69) is 9.97 Å². The Labute approximate surface area is 207 Å². The molecule has 1 aromatic heterocycles. The fraction of sp³-hybridized carbons (Fsp3) is 0.348. The number of benzene rings is 2. The third-order valence-electron chi connectivity index (χ3n) is 6.37. The molecule has 1 fully saturated rings. The van der Waals surface area contributed by atoms with Gasteiger partial charge in [-0.2, -0.15) is 13.2 Å². The second-order valence-electron chi connectivity index (χ2n) is 8.40. The van der Waals surface area contributed by atoms with Gasteiger partial charge in [0.05, 0.1) is 5.02 Å². The number of carboxylic acid groups (broad SMARTS) is 1. The zero-order valence-electron chi connectivity index (χ0n) is 18.9. The van der Waals surface area contributed by atoms with Gasteiger partial charge < -0.3 is 9.84 Å². The van der Waals surface area contributed by atoms with Crippen molar-refractivity contribution >= 4 is 50.2 Å². The maximum Gasteiger partial charge on any atom is 0.529 e. The van der Waals surface area contributed by atoms with Crippen molar-refractivity contribution < 1.29 is 26.9 Å². The van der Waals surface area contributed by atoms with Crippen LogP contribution in [0, 0.1) is 13.8 Å². The highest BCUT2D eigenvalue weighted by atomic mass is 35.5. The zero-order valence-corrected chi connectivity index (χ0v) is 21.2. The number of quaternary nitrogens is 1. The molecule has 180 valence electrons. The van der Waals surface area contributed by atoms with Crippen molar-refractivity contribution in [1.82, 2.24) is 9.97 Å². The molecule has 34 heavy (non-hydrogen) atoms. The summed E-state index contributed by atoms with van der Waals surface area (Å²) in [5, 5.41) is 10.8. The van der Waals surface area contributed by atoms with Crippen LogP contribution in [0.1, 0.15) is 36.8 Å². The molecule has 2 heterocycles. The van der Waals surface area contributed by atoms with Gasteiger partial charge in [0.1, 0.15) is 41.2 Å². The second kappa shape index (κ2) is 8.96. The second-order valence-corrected chi connectivity index (χ2v) is 11.2. The maximum atomic E-state index is 13.6. The summed E-state index contributed by atoms with van der Waals surface area (Å²) in [5.41, 5.74) is 1.67. The van der Waals surface area contributed by atoms with Gasteiger partial charge in [-0.05, 0) is 39.0 Å². The van der Waals surface area contributed by atoms with E-state index in [9.17, 15) is 18.3 Å². The molecule has 0 aliphatic carbocycles. The number of hydrogen-bond acceptors (Lipinski definition) is 6. The molecule has 1 N–H and O–H groups in total. The number of ether oxygens (including phenoxy) is 1. The lowest BCUT2D eigenvalue weighted by Crippen LogP contribution is -2.58. The summed E-state index contributed by atoms with van der Waals surface area (Å²) in [4.78, 5) is 20.8. The normalized spacial score (nSPS) is 20.6. The Kier molecular flexibility index (Phi) is 6.50. The van der Waals surface area contributed by atoms with Crippen molar-refractivity contribution in [1.29, 1.82) is 0 Å². The first-order valence-electron chi connectivity index (χ1n) is 10.7. The Hall–Kier alpha value is -2.46. The largest absolute Gasteiger partial charge is 0.529 e. The molecule has 0 saturated carbocycles. The van der Waals surface area contributed by atoms with Crippen LogP contribution in [0.3, 0.4) is 0 Å². The van der Waals surface area contributed by atoms with Crippen molar-refractivity contribution in [2.45, 2.75) is 51.2 Å². The van der Waals surface area contributed by atoms with Crippen LogP contribution in [0.2, 0.25) is 10.0 Å². The van der Waals surface area contributed by atoms with Crippen LogP contribution in [0.4, 0.5) is 4.79 Å². The van der Waals surface area contributed by atoms with Crippen LogP contribution in [-0.2, 0) is 16.6 Å². The number of carbonyl (C=O) groups is 1. The molecule has 1 aliphatic rings. The average molecular weight is 525 g/mol. The van der Waals surface area contributed by atoms with E-state index < -0.39 is 26.0 Å². The van der Waals surface area contributed by atoms with Crippen LogP contribution >= 0.6 is 23.2 Å². The number of hydrogen-bond donors (Lipinski definition) is 1. The predicted octanol–water partition coefficient (Wildman–Crippen LogP) is 5.50. The third kappa shape index (κ3) is 3.80. The maximum absolute atomic E-state index is 13.6. The Bertz CT molecular complexity index is 1410. The quantitative estimate of drug-likeness (QED) is 0.439. The van der Waals surface area contributed by atoms with Crippen molar-refractivity contribution in [2.75, 3.05) is 6.54 Å². The van der Waals surface area contributed by atoms with Crippen LogP contribution in [-0.4, -0.2) is 46.1 Å². The first-order chi connectivity index (χ1) is 16.0. The summed E-state index contributed by atoms with van der Waals surface area (Å²) < 4.78 is 32.1. The van der Waals surface area contributed by atoms with E-state index in [-0.39, 0.29) is 33.7 Å². The SMILES string of the molecule is Cc1nc(C)c2cccc(OCc3c(Cl)ccc(S(=O)(=O)[N+]4(C(=O)O)CCC[C@H]4C)c3Cl)c2n1. The first-order valence-corrected chi connectivity index (χ1v) is 12.9. The molecule has 1 unspecified atom stereocenters. The van der Waals surface area contributed by atoms with Crippen LogP contribution in [0.15, 0.2) is 35.2 Å². The smallest absolute Gasteiger partial charge is 0.487 e. The number of sulfonamides is 1. The van der Waals surface area contributed by atoms with Gasteiger partial charge in [-0.1, -0.05) is 35.3 Å². The number of nitrogens with zero attached hydrogens (tertiary/aromatic N) is 3. The summed E-state index contributed by atoms with van der Waals surface area (Å²) in [6, 6.07) is 7.48. The molecule has 11 heteroatoms. The molecule has 0 bridgehead atoms. The Balaban J connectivity index is 1.75. The van der Waals surface area contributed by atoms with Crippen molar-refractivity contribution in [3.05, 3.63) is 57.5 Å². The molecular weight excluding hydrogens is 501 g/mol. The topological polar surface area (TPSA) is 106 Å². The van der Waals surface area contributed by atoms with Crippen LogP contribution in [0.25, 0.3) is 10.9 Å². The fourth-order valence-electron chi connectivity index (χ4n) is 4.56. The summed E-state index contributed by atoms with van der Waals surface area (Å²) in [6.07, 6.45) is -0.459. The van der Waals surface area contributed by atoms with Crippen molar-refractivity contribution in [3.63, 3.8) is 0 Å². The fourth-order valence-corrected chi connectivity index (χ4v) is 7.43. The van der Waals surface area contributed by atoms with Crippen LogP contribution in [0.5, 0.6) is 5.75 Å². The number of aryl methyl sites for hydroxylation is 2. The minimum atomic E-state index is -4.38. The van der Waals surface area contributed by atoms with Gasteiger partial charge in [0.2, 0.25) is 0 Å². The summed E-state index contributed by atoms with van der Waals surface area (Å²) >= 11 is 12.9. The van der Waals surface area contributed by atoms with Gasteiger partial charge in [0, 0.05) is 34.5 Å². The molecule has 4 rings (SSSR count). The highest BCUT2D eigenvalue weighted by Gasteiger charge is 2.58. The first kappa shape index (κ1) is 24.7. The monoisotopic (exact) mass is 524 g/mol. The standard InChI is InChI=1S/C23H23Cl2N3O5S/c1-13-6-5-11-28(13,23(29)30)34(31,32)20-10-9-18(24)17(21(20)25)12-33-19-8-4-7-16-14(2)26-15(3)27-22(16)19/h4,7-10,13H,5-6,11-12H2,1-3H3/p+1/t13-,28?/m1/s1. The lowest BCUT2D eigenvalue weighted by atomic mass is 10.2. The minimum absolute atomic E-state index is 0.0297. The van der Waals surface area contributed by atoms with E-state index >= 15 is 0 Å². The number of halogens is 2. The number of para-hydroxylation sites is 1. The van der Waals surface area contributed by atoms with Crippen LogP contribution < -0.4 is 4.74 Å². The molecule has 8 nitrogen and oxygen atoms in total. The van der Waals surface area contributed by atoms with E-state index in [4.69, 9.17) is 27.9 Å².